The molecule has 2 heteroatoms. The van der Waals surface area contributed by atoms with E-state index in [1.165, 1.54) is 25.7 Å². The zero-order chi connectivity index (χ0) is 12.0. The van der Waals surface area contributed by atoms with Crippen molar-refractivity contribution in [2.45, 2.75) is 71.4 Å². The Morgan fingerprint density at radius 2 is 2.06 bits per heavy atom. The Bertz CT molecular complexity index is 182. The predicted molar refractivity (Wildman–Crippen MR) is 69.4 cm³/mol. The third kappa shape index (κ3) is 4.84. The van der Waals surface area contributed by atoms with E-state index in [1.54, 1.807) is 0 Å². The first-order chi connectivity index (χ1) is 7.63. The van der Waals surface area contributed by atoms with Gasteiger partial charge in [-0.25, -0.2) is 0 Å². The molecule has 0 heterocycles. The van der Waals surface area contributed by atoms with Crippen LogP contribution in [0.5, 0.6) is 0 Å². The van der Waals surface area contributed by atoms with Gasteiger partial charge in [-0.1, -0.05) is 33.6 Å². The number of hydrogen-bond donors (Lipinski definition) is 1. The molecule has 1 aliphatic rings. The summed E-state index contributed by atoms with van der Waals surface area (Å²) in [7, 11) is 0. The van der Waals surface area contributed by atoms with Gasteiger partial charge in [0.2, 0.25) is 0 Å². The molecule has 2 N–H and O–H groups in total. The van der Waals surface area contributed by atoms with Crippen LogP contribution >= 0.6 is 0 Å². The van der Waals surface area contributed by atoms with Crippen molar-refractivity contribution < 1.29 is 4.74 Å². The molecule has 16 heavy (non-hydrogen) atoms. The minimum Gasteiger partial charge on any atom is -0.377 e. The molecular weight excluding hydrogens is 198 g/mol. The second kappa shape index (κ2) is 7.29. The molecule has 0 amide bonds. The highest BCUT2D eigenvalue weighted by Crippen LogP contribution is 2.29. The van der Waals surface area contributed by atoms with Gasteiger partial charge in [0, 0.05) is 12.6 Å². The highest BCUT2D eigenvalue weighted by Gasteiger charge is 2.28. The maximum absolute atomic E-state index is 6.13. The minimum atomic E-state index is 0.278. The number of hydrogen-bond acceptors (Lipinski definition) is 2. The van der Waals surface area contributed by atoms with Crippen molar-refractivity contribution >= 4 is 0 Å². The molecule has 2 nitrogen and oxygen atoms in total. The lowest BCUT2D eigenvalue weighted by atomic mass is 9.82. The minimum absolute atomic E-state index is 0.278. The third-order valence-electron chi connectivity index (χ3n) is 3.68. The Morgan fingerprint density at radius 3 is 2.69 bits per heavy atom. The van der Waals surface area contributed by atoms with E-state index >= 15 is 0 Å². The molecule has 0 bridgehead atoms. The van der Waals surface area contributed by atoms with Gasteiger partial charge in [0.25, 0.3) is 0 Å². The number of rotatable bonds is 6. The van der Waals surface area contributed by atoms with Crippen molar-refractivity contribution in [2.24, 2.45) is 17.6 Å². The lowest BCUT2D eigenvalue weighted by Gasteiger charge is -2.34. The maximum Gasteiger partial charge on any atom is 0.0728 e. The van der Waals surface area contributed by atoms with Gasteiger partial charge >= 0.3 is 0 Å². The van der Waals surface area contributed by atoms with Crippen LogP contribution in [0.2, 0.25) is 0 Å². The van der Waals surface area contributed by atoms with E-state index in [4.69, 9.17) is 10.5 Å². The van der Waals surface area contributed by atoms with Crippen molar-refractivity contribution in [1.82, 2.24) is 0 Å². The van der Waals surface area contributed by atoms with Crippen molar-refractivity contribution in [3.05, 3.63) is 0 Å². The summed E-state index contributed by atoms with van der Waals surface area (Å²) in [6, 6.07) is 0.278. The molecule has 0 spiro atoms. The fourth-order valence-electron chi connectivity index (χ4n) is 2.55. The second-order valence-electron chi connectivity index (χ2n) is 5.72. The predicted octanol–water partition coefficient (Wildman–Crippen LogP) is 3.35. The van der Waals surface area contributed by atoms with Crippen molar-refractivity contribution in [3.63, 3.8) is 0 Å². The standard InChI is InChI=1S/C14H29NO/c1-4-5-12-6-7-13(15)14(10-12)16-9-8-11(2)3/h11-14H,4-10,15H2,1-3H3. The normalized spacial score (nSPS) is 30.9. The summed E-state index contributed by atoms with van der Waals surface area (Å²) in [5.74, 6) is 1.58. The summed E-state index contributed by atoms with van der Waals surface area (Å²) in [5.41, 5.74) is 6.13. The Labute approximate surface area is 101 Å². The maximum atomic E-state index is 6.13. The number of ether oxygens (including phenoxy) is 1. The molecule has 0 aromatic heterocycles. The van der Waals surface area contributed by atoms with E-state index in [-0.39, 0.29) is 6.04 Å². The van der Waals surface area contributed by atoms with Crippen LogP contribution in [-0.2, 0) is 4.74 Å². The Hall–Kier alpha value is -0.0800. The smallest absolute Gasteiger partial charge is 0.0728 e. The lowest BCUT2D eigenvalue weighted by molar-refractivity contribution is -0.00572. The fraction of sp³-hybridized carbons (Fsp3) is 1.00. The number of nitrogens with two attached hydrogens (primary N) is 1. The van der Waals surface area contributed by atoms with Crippen molar-refractivity contribution in [1.29, 1.82) is 0 Å². The first-order valence-corrected chi connectivity index (χ1v) is 7.00. The molecule has 1 aliphatic carbocycles. The highest BCUT2D eigenvalue weighted by atomic mass is 16.5. The van der Waals surface area contributed by atoms with Gasteiger partial charge in [0.05, 0.1) is 6.10 Å². The zero-order valence-corrected chi connectivity index (χ0v) is 11.2. The van der Waals surface area contributed by atoms with E-state index in [9.17, 15) is 0 Å². The van der Waals surface area contributed by atoms with Gasteiger partial charge in [-0.2, -0.15) is 0 Å². The quantitative estimate of drug-likeness (QED) is 0.755. The average molecular weight is 227 g/mol. The van der Waals surface area contributed by atoms with Gasteiger partial charge < -0.3 is 10.5 Å². The van der Waals surface area contributed by atoms with Gasteiger partial charge in [0.1, 0.15) is 0 Å². The van der Waals surface area contributed by atoms with Crippen LogP contribution in [-0.4, -0.2) is 18.8 Å². The molecule has 0 radical (unpaired) electrons. The molecule has 0 aromatic carbocycles. The molecule has 96 valence electrons. The highest BCUT2D eigenvalue weighted by molar-refractivity contribution is 4.83. The monoisotopic (exact) mass is 227 g/mol. The van der Waals surface area contributed by atoms with Crippen LogP contribution in [0.25, 0.3) is 0 Å². The average Bonchev–Trinajstić information content (AvgIpc) is 2.22. The lowest BCUT2D eigenvalue weighted by Crippen LogP contribution is -2.42. The molecule has 0 aliphatic heterocycles. The third-order valence-corrected chi connectivity index (χ3v) is 3.68. The summed E-state index contributed by atoms with van der Waals surface area (Å²) < 4.78 is 5.96. The molecule has 1 rings (SSSR count). The SMILES string of the molecule is CCCC1CCC(N)C(OCCC(C)C)C1. The molecule has 1 saturated carbocycles. The molecule has 0 saturated heterocycles. The van der Waals surface area contributed by atoms with Crippen LogP contribution < -0.4 is 5.73 Å². The summed E-state index contributed by atoms with van der Waals surface area (Å²) in [4.78, 5) is 0. The molecule has 3 atom stereocenters. The summed E-state index contributed by atoms with van der Waals surface area (Å²) in [6.07, 6.45) is 7.75. The summed E-state index contributed by atoms with van der Waals surface area (Å²) >= 11 is 0. The van der Waals surface area contributed by atoms with Gasteiger partial charge in [0.15, 0.2) is 0 Å². The zero-order valence-electron chi connectivity index (χ0n) is 11.2. The van der Waals surface area contributed by atoms with Crippen molar-refractivity contribution in [3.8, 4) is 0 Å². The van der Waals surface area contributed by atoms with Crippen LogP contribution in [0.15, 0.2) is 0 Å². The molecule has 0 aromatic rings. The van der Waals surface area contributed by atoms with Gasteiger partial charge in [-0.05, 0) is 37.5 Å². The largest absolute Gasteiger partial charge is 0.377 e. The first kappa shape index (κ1) is 14.0. The van der Waals surface area contributed by atoms with E-state index in [0.717, 1.165) is 31.3 Å². The Morgan fingerprint density at radius 1 is 1.31 bits per heavy atom. The van der Waals surface area contributed by atoms with E-state index in [2.05, 4.69) is 20.8 Å². The van der Waals surface area contributed by atoms with Gasteiger partial charge in [-0.3, -0.25) is 0 Å². The summed E-state index contributed by atoms with van der Waals surface area (Å²) in [6.45, 7) is 7.63. The molecule has 3 unspecified atom stereocenters. The first-order valence-electron chi connectivity index (χ1n) is 7.00. The van der Waals surface area contributed by atoms with Crippen LogP contribution in [0.3, 0.4) is 0 Å². The van der Waals surface area contributed by atoms with Crippen LogP contribution in [0.4, 0.5) is 0 Å². The van der Waals surface area contributed by atoms with E-state index < -0.39 is 0 Å². The topological polar surface area (TPSA) is 35.2 Å². The molecular formula is C14H29NO. The van der Waals surface area contributed by atoms with Crippen molar-refractivity contribution in [2.75, 3.05) is 6.61 Å². The van der Waals surface area contributed by atoms with Crippen LogP contribution in [0, 0.1) is 11.8 Å². The van der Waals surface area contributed by atoms with E-state index in [0.29, 0.717) is 6.10 Å². The van der Waals surface area contributed by atoms with E-state index in [1.807, 2.05) is 0 Å². The summed E-state index contributed by atoms with van der Waals surface area (Å²) in [5, 5.41) is 0. The van der Waals surface area contributed by atoms with Crippen LogP contribution in [0.1, 0.15) is 59.3 Å². The Balaban J connectivity index is 2.26. The fourth-order valence-corrected chi connectivity index (χ4v) is 2.55. The Kier molecular flexibility index (Phi) is 6.37. The molecule has 1 fully saturated rings. The van der Waals surface area contributed by atoms with Gasteiger partial charge in [-0.15, -0.1) is 0 Å². The second-order valence-corrected chi connectivity index (χ2v) is 5.72.